The fraction of sp³-hybridized carbons (Fsp3) is 0.538. The zero-order chi connectivity index (χ0) is 13.6. The summed E-state index contributed by atoms with van der Waals surface area (Å²) in [5.41, 5.74) is 6.85. The highest BCUT2D eigenvalue weighted by Gasteiger charge is 2.14. The fourth-order valence-corrected chi connectivity index (χ4v) is 2.66. The molecule has 0 aliphatic rings. The summed E-state index contributed by atoms with van der Waals surface area (Å²) in [6.07, 6.45) is 2.77. The van der Waals surface area contributed by atoms with Crippen molar-refractivity contribution in [2.45, 2.75) is 44.0 Å². The summed E-state index contributed by atoms with van der Waals surface area (Å²) >= 11 is 0. The van der Waals surface area contributed by atoms with Gasteiger partial charge in [0.1, 0.15) is 0 Å². The molecule has 0 aliphatic heterocycles. The summed E-state index contributed by atoms with van der Waals surface area (Å²) in [7, 11) is -3.43. The SMILES string of the molecule is CCCc1ccc(S(=O)(=O)NCC(N)CC)cc1. The maximum absolute atomic E-state index is 12.0. The first kappa shape index (κ1) is 15.1. The molecule has 1 aromatic carbocycles. The third-order valence-electron chi connectivity index (χ3n) is 2.83. The van der Waals surface area contributed by atoms with Crippen LogP contribution in [0.25, 0.3) is 0 Å². The fourth-order valence-electron chi connectivity index (χ4n) is 1.57. The van der Waals surface area contributed by atoms with Crippen LogP contribution in [0.2, 0.25) is 0 Å². The van der Waals surface area contributed by atoms with E-state index in [1.54, 1.807) is 12.1 Å². The summed E-state index contributed by atoms with van der Waals surface area (Å²) in [6.45, 7) is 4.30. The predicted octanol–water partition coefficient (Wildman–Crippen LogP) is 1.65. The van der Waals surface area contributed by atoms with E-state index in [-0.39, 0.29) is 12.6 Å². The number of benzene rings is 1. The zero-order valence-corrected chi connectivity index (χ0v) is 11.8. The van der Waals surface area contributed by atoms with Crippen LogP contribution < -0.4 is 10.5 Å². The standard InChI is InChI=1S/C13H22N2O2S/c1-3-5-11-6-8-13(9-7-11)18(16,17)15-10-12(14)4-2/h6-9,12,15H,3-5,10,14H2,1-2H3. The molecule has 0 spiro atoms. The van der Waals surface area contributed by atoms with Crippen LogP contribution in [0.4, 0.5) is 0 Å². The van der Waals surface area contributed by atoms with Crippen molar-refractivity contribution in [3.05, 3.63) is 29.8 Å². The molecule has 0 radical (unpaired) electrons. The molecular formula is C13H22N2O2S. The third kappa shape index (κ3) is 4.40. The largest absolute Gasteiger partial charge is 0.327 e. The quantitative estimate of drug-likeness (QED) is 0.791. The monoisotopic (exact) mass is 270 g/mol. The van der Waals surface area contributed by atoms with Crippen molar-refractivity contribution in [1.82, 2.24) is 4.72 Å². The molecule has 0 saturated heterocycles. The Kier molecular flexibility index (Phi) is 5.78. The molecule has 5 heteroatoms. The average Bonchev–Trinajstić information content (AvgIpc) is 2.37. The Balaban J connectivity index is 2.72. The third-order valence-corrected chi connectivity index (χ3v) is 4.27. The molecule has 3 N–H and O–H groups in total. The lowest BCUT2D eigenvalue weighted by Gasteiger charge is -2.11. The van der Waals surface area contributed by atoms with Gasteiger partial charge in [-0.15, -0.1) is 0 Å². The van der Waals surface area contributed by atoms with Crippen LogP contribution in [0.15, 0.2) is 29.2 Å². The number of nitrogens with two attached hydrogens (primary N) is 1. The van der Waals surface area contributed by atoms with Crippen LogP contribution >= 0.6 is 0 Å². The predicted molar refractivity (Wildman–Crippen MR) is 73.9 cm³/mol. The molecular weight excluding hydrogens is 248 g/mol. The summed E-state index contributed by atoms with van der Waals surface area (Å²) in [5, 5.41) is 0. The van der Waals surface area contributed by atoms with E-state index in [2.05, 4.69) is 11.6 Å². The van der Waals surface area contributed by atoms with Crippen LogP contribution in [0, 0.1) is 0 Å². The van der Waals surface area contributed by atoms with Gasteiger partial charge in [0.25, 0.3) is 0 Å². The Labute approximate surface area is 110 Å². The van der Waals surface area contributed by atoms with Gasteiger partial charge in [-0.25, -0.2) is 13.1 Å². The first-order valence-electron chi connectivity index (χ1n) is 6.33. The Morgan fingerprint density at radius 1 is 1.22 bits per heavy atom. The van der Waals surface area contributed by atoms with Crippen LogP contribution in [-0.2, 0) is 16.4 Å². The van der Waals surface area contributed by atoms with Crippen LogP contribution in [0.3, 0.4) is 0 Å². The van der Waals surface area contributed by atoms with E-state index >= 15 is 0 Å². The minimum absolute atomic E-state index is 0.140. The summed E-state index contributed by atoms with van der Waals surface area (Å²) < 4.78 is 26.4. The normalized spacial score (nSPS) is 13.5. The highest BCUT2D eigenvalue weighted by molar-refractivity contribution is 7.89. The molecule has 4 nitrogen and oxygen atoms in total. The maximum Gasteiger partial charge on any atom is 0.240 e. The Morgan fingerprint density at radius 2 is 1.83 bits per heavy atom. The van der Waals surface area contributed by atoms with Gasteiger partial charge in [0.2, 0.25) is 10.0 Å². The van der Waals surface area contributed by atoms with E-state index in [0.29, 0.717) is 4.90 Å². The average molecular weight is 270 g/mol. The van der Waals surface area contributed by atoms with Gasteiger partial charge in [0.05, 0.1) is 4.90 Å². The second kappa shape index (κ2) is 6.87. The number of hydrogen-bond acceptors (Lipinski definition) is 3. The molecule has 1 atom stereocenters. The summed E-state index contributed by atoms with van der Waals surface area (Å²) in [6, 6.07) is 6.87. The van der Waals surface area contributed by atoms with Gasteiger partial charge in [0, 0.05) is 12.6 Å². The van der Waals surface area contributed by atoms with Crippen molar-refractivity contribution in [3.8, 4) is 0 Å². The molecule has 18 heavy (non-hydrogen) atoms. The summed E-state index contributed by atoms with van der Waals surface area (Å²) in [5.74, 6) is 0. The molecule has 0 aromatic heterocycles. The topological polar surface area (TPSA) is 72.2 Å². The van der Waals surface area contributed by atoms with Gasteiger partial charge >= 0.3 is 0 Å². The van der Waals surface area contributed by atoms with Crippen molar-refractivity contribution >= 4 is 10.0 Å². The van der Waals surface area contributed by atoms with Crippen LogP contribution in [0.1, 0.15) is 32.3 Å². The smallest absolute Gasteiger partial charge is 0.240 e. The van der Waals surface area contributed by atoms with Crippen molar-refractivity contribution in [3.63, 3.8) is 0 Å². The molecule has 0 aliphatic carbocycles. The Morgan fingerprint density at radius 3 is 2.33 bits per heavy atom. The highest BCUT2D eigenvalue weighted by atomic mass is 32.2. The molecule has 0 saturated carbocycles. The van der Waals surface area contributed by atoms with Crippen molar-refractivity contribution in [2.24, 2.45) is 5.73 Å². The molecule has 0 amide bonds. The van der Waals surface area contributed by atoms with Gasteiger partial charge in [-0.2, -0.15) is 0 Å². The maximum atomic E-state index is 12.0. The van der Waals surface area contributed by atoms with E-state index in [1.807, 2.05) is 19.1 Å². The van der Waals surface area contributed by atoms with E-state index in [4.69, 9.17) is 5.73 Å². The van der Waals surface area contributed by atoms with Crippen molar-refractivity contribution < 1.29 is 8.42 Å². The number of sulfonamides is 1. The van der Waals surface area contributed by atoms with Gasteiger partial charge in [-0.1, -0.05) is 32.4 Å². The van der Waals surface area contributed by atoms with E-state index in [9.17, 15) is 8.42 Å². The molecule has 102 valence electrons. The lowest BCUT2D eigenvalue weighted by Crippen LogP contribution is -2.36. The Hall–Kier alpha value is -0.910. The van der Waals surface area contributed by atoms with Gasteiger partial charge < -0.3 is 5.73 Å². The second-order valence-electron chi connectivity index (χ2n) is 4.41. The number of nitrogens with one attached hydrogen (secondary N) is 1. The molecule has 0 heterocycles. The van der Waals surface area contributed by atoms with Gasteiger partial charge in [-0.3, -0.25) is 0 Å². The molecule has 0 fully saturated rings. The number of hydrogen-bond donors (Lipinski definition) is 2. The van der Waals surface area contributed by atoms with Crippen LogP contribution in [-0.4, -0.2) is 21.0 Å². The first-order chi connectivity index (χ1) is 8.49. The minimum Gasteiger partial charge on any atom is -0.327 e. The molecule has 0 bridgehead atoms. The van der Waals surface area contributed by atoms with E-state index in [0.717, 1.165) is 24.8 Å². The highest BCUT2D eigenvalue weighted by Crippen LogP contribution is 2.11. The van der Waals surface area contributed by atoms with Crippen molar-refractivity contribution in [2.75, 3.05) is 6.54 Å². The van der Waals surface area contributed by atoms with Gasteiger partial charge in [-0.05, 0) is 30.5 Å². The zero-order valence-electron chi connectivity index (χ0n) is 11.0. The lowest BCUT2D eigenvalue weighted by molar-refractivity contribution is 0.564. The second-order valence-corrected chi connectivity index (χ2v) is 6.18. The van der Waals surface area contributed by atoms with E-state index < -0.39 is 10.0 Å². The lowest BCUT2D eigenvalue weighted by atomic mass is 10.1. The minimum atomic E-state index is -3.43. The summed E-state index contributed by atoms with van der Waals surface area (Å²) in [4.78, 5) is 0.297. The molecule has 1 unspecified atom stereocenters. The molecule has 1 rings (SSSR count). The Bertz CT molecular complexity index is 454. The number of aryl methyl sites for hydroxylation is 1. The van der Waals surface area contributed by atoms with Gasteiger partial charge in [0.15, 0.2) is 0 Å². The number of rotatable bonds is 7. The first-order valence-corrected chi connectivity index (χ1v) is 7.82. The van der Waals surface area contributed by atoms with E-state index in [1.165, 1.54) is 0 Å². The molecule has 1 aromatic rings. The van der Waals surface area contributed by atoms with Crippen LogP contribution in [0.5, 0.6) is 0 Å². The van der Waals surface area contributed by atoms with Crippen molar-refractivity contribution in [1.29, 1.82) is 0 Å².